The molecule has 1 atom stereocenters. The smallest absolute Gasteiger partial charge is 0.0722 e. The van der Waals surface area contributed by atoms with Crippen molar-refractivity contribution < 1.29 is 0 Å². The van der Waals surface area contributed by atoms with Crippen molar-refractivity contribution in [1.29, 1.82) is 0 Å². The van der Waals surface area contributed by atoms with Crippen LogP contribution in [-0.2, 0) is 0 Å². The van der Waals surface area contributed by atoms with Crippen LogP contribution in [0, 0.1) is 0 Å². The van der Waals surface area contributed by atoms with Gasteiger partial charge in [-0.05, 0) is 5.16 Å². The molecule has 102 valence electrons. The molecule has 0 N–H and O–H groups in total. The van der Waals surface area contributed by atoms with Crippen LogP contribution in [-0.4, -0.2) is 16.9 Å². The molecular weight excluding hydrogens is 248 g/mol. The van der Waals surface area contributed by atoms with Crippen LogP contribution in [0.3, 0.4) is 0 Å². The van der Waals surface area contributed by atoms with Crippen molar-refractivity contribution in [3.05, 3.63) is 30.3 Å². The summed E-state index contributed by atoms with van der Waals surface area (Å²) in [6.07, 6.45) is 5.68. The minimum atomic E-state index is -1.26. The van der Waals surface area contributed by atoms with E-state index in [2.05, 4.69) is 63.4 Å². The van der Waals surface area contributed by atoms with E-state index < -0.39 is 16.9 Å². The summed E-state index contributed by atoms with van der Waals surface area (Å²) in [6.45, 7) is 12.6. The molecule has 0 amide bonds. The minimum Gasteiger partial charge on any atom is -0.0722 e. The van der Waals surface area contributed by atoms with Crippen molar-refractivity contribution in [3.63, 3.8) is 0 Å². The molecule has 2 heteroatoms. The number of rotatable bonds is 7. The molecule has 0 spiro atoms. The molecule has 1 aromatic rings. The quantitative estimate of drug-likeness (QED) is 0.506. The Balaban J connectivity index is 2.83. The zero-order chi connectivity index (χ0) is 13.6. The van der Waals surface area contributed by atoms with Gasteiger partial charge in [-0.3, -0.25) is 0 Å². The van der Waals surface area contributed by atoms with Crippen LogP contribution in [0.5, 0.6) is 0 Å². The lowest BCUT2D eigenvalue weighted by Crippen LogP contribution is -2.49. The molecule has 0 aromatic heterocycles. The van der Waals surface area contributed by atoms with Crippen molar-refractivity contribution in [1.82, 2.24) is 0 Å². The SMILES string of the molecule is CCCCCC([SiH](C)C)[Si](C)(C)c1ccccc1. The van der Waals surface area contributed by atoms with E-state index in [4.69, 9.17) is 0 Å². The Labute approximate surface area is 116 Å². The second-order valence-corrected chi connectivity index (χ2v) is 15.2. The van der Waals surface area contributed by atoms with E-state index in [1.54, 1.807) is 5.19 Å². The predicted molar refractivity (Wildman–Crippen MR) is 90.3 cm³/mol. The Morgan fingerprint density at radius 1 is 1.06 bits per heavy atom. The summed E-state index contributed by atoms with van der Waals surface area (Å²) in [6, 6.07) is 11.3. The lowest BCUT2D eigenvalue weighted by molar-refractivity contribution is 0.680. The molecule has 1 rings (SSSR count). The van der Waals surface area contributed by atoms with E-state index in [1.165, 1.54) is 25.7 Å². The average molecular weight is 279 g/mol. The van der Waals surface area contributed by atoms with Crippen LogP contribution in [0.1, 0.15) is 32.6 Å². The topological polar surface area (TPSA) is 0 Å². The highest BCUT2D eigenvalue weighted by Gasteiger charge is 2.35. The third-order valence-corrected chi connectivity index (χ3v) is 14.8. The molecule has 18 heavy (non-hydrogen) atoms. The van der Waals surface area contributed by atoms with E-state index in [0.717, 1.165) is 5.16 Å². The number of hydrogen-bond acceptors (Lipinski definition) is 0. The third-order valence-electron chi connectivity index (χ3n) is 4.37. The van der Waals surface area contributed by atoms with Crippen molar-refractivity contribution >= 4 is 22.1 Å². The molecule has 0 aliphatic rings. The van der Waals surface area contributed by atoms with Gasteiger partial charge in [0, 0.05) is 8.80 Å². The van der Waals surface area contributed by atoms with Crippen molar-refractivity contribution in [2.45, 2.75) is 64.0 Å². The molecule has 0 heterocycles. The Morgan fingerprint density at radius 2 is 1.67 bits per heavy atom. The van der Waals surface area contributed by atoms with E-state index in [1.807, 2.05) is 0 Å². The summed E-state index contributed by atoms with van der Waals surface area (Å²) in [7, 11) is -1.82. The summed E-state index contributed by atoms with van der Waals surface area (Å²) in [5.74, 6) is 0. The second-order valence-electron chi connectivity index (χ2n) is 6.43. The van der Waals surface area contributed by atoms with Gasteiger partial charge in [-0.15, -0.1) is 0 Å². The summed E-state index contributed by atoms with van der Waals surface area (Å²) >= 11 is 0. The lowest BCUT2D eigenvalue weighted by atomic mass is 10.2. The molecular formula is C16H30Si2. The van der Waals surface area contributed by atoms with Gasteiger partial charge in [0.05, 0.1) is 8.07 Å². The Morgan fingerprint density at radius 3 is 2.17 bits per heavy atom. The highest BCUT2D eigenvalue weighted by atomic mass is 28.4. The summed E-state index contributed by atoms with van der Waals surface area (Å²) in [4.78, 5) is 0. The largest absolute Gasteiger partial charge is 0.0808 e. The van der Waals surface area contributed by atoms with Gasteiger partial charge in [-0.1, -0.05) is 94.3 Å². The van der Waals surface area contributed by atoms with Crippen LogP contribution in [0.2, 0.25) is 31.4 Å². The Bertz CT molecular complexity index is 330. The molecule has 0 aliphatic heterocycles. The van der Waals surface area contributed by atoms with Crippen molar-refractivity contribution in [2.75, 3.05) is 0 Å². The zero-order valence-electron chi connectivity index (χ0n) is 12.9. The Hall–Kier alpha value is -0.346. The Kier molecular flexibility index (Phi) is 6.37. The molecule has 0 saturated heterocycles. The van der Waals surface area contributed by atoms with E-state index in [-0.39, 0.29) is 0 Å². The number of benzene rings is 1. The molecule has 0 fully saturated rings. The van der Waals surface area contributed by atoms with Crippen LogP contribution >= 0.6 is 0 Å². The zero-order valence-corrected chi connectivity index (χ0v) is 15.0. The fourth-order valence-electron chi connectivity index (χ4n) is 3.22. The lowest BCUT2D eigenvalue weighted by Gasteiger charge is -2.35. The van der Waals surface area contributed by atoms with Gasteiger partial charge in [0.15, 0.2) is 0 Å². The van der Waals surface area contributed by atoms with Crippen LogP contribution < -0.4 is 5.19 Å². The van der Waals surface area contributed by atoms with Gasteiger partial charge in [0.2, 0.25) is 0 Å². The fourth-order valence-corrected chi connectivity index (χ4v) is 13.8. The van der Waals surface area contributed by atoms with E-state index in [0.29, 0.717) is 0 Å². The van der Waals surface area contributed by atoms with Crippen LogP contribution in [0.4, 0.5) is 0 Å². The molecule has 0 saturated carbocycles. The van der Waals surface area contributed by atoms with Gasteiger partial charge >= 0.3 is 0 Å². The molecule has 0 radical (unpaired) electrons. The molecule has 0 nitrogen and oxygen atoms in total. The van der Waals surface area contributed by atoms with Crippen LogP contribution in [0.25, 0.3) is 0 Å². The second kappa shape index (κ2) is 7.29. The summed E-state index contributed by atoms with van der Waals surface area (Å²) in [5, 5.41) is 2.71. The van der Waals surface area contributed by atoms with Gasteiger partial charge in [-0.2, -0.15) is 0 Å². The average Bonchev–Trinajstić information content (AvgIpc) is 2.35. The maximum atomic E-state index is 2.59. The fraction of sp³-hybridized carbons (Fsp3) is 0.625. The highest BCUT2D eigenvalue weighted by Crippen LogP contribution is 2.30. The van der Waals surface area contributed by atoms with Gasteiger partial charge in [-0.25, -0.2) is 0 Å². The normalized spacial score (nSPS) is 13.9. The first-order valence-corrected chi connectivity index (χ1v) is 13.6. The first-order chi connectivity index (χ1) is 8.50. The van der Waals surface area contributed by atoms with E-state index >= 15 is 0 Å². The van der Waals surface area contributed by atoms with Crippen molar-refractivity contribution in [2.24, 2.45) is 0 Å². The van der Waals surface area contributed by atoms with E-state index in [9.17, 15) is 0 Å². The predicted octanol–water partition coefficient (Wildman–Crippen LogP) is 4.58. The maximum Gasteiger partial charge on any atom is 0.0808 e. The highest BCUT2D eigenvalue weighted by molar-refractivity contribution is 6.98. The summed E-state index contributed by atoms with van der Waals surface area (Å²) < 4.78 is 0. The molecule has 0 aliphatic carbocycles. The molecule has 1 aromatic carbocycles. The first-order valence-electron chi connectivity index (χ1n) is 7.55. The minimum absolute atomic E-state index is 0.561. The molecule has 0 bridgehead atoms. The third kappa shape index (κ3) is 4.09. The van der Waals surface area contributed by atoms with Crippen molar-refractivity contribution in [3.8, 4) is 0 Å². The number of hydrogen-bond donors (Lipinski definition) is 0. The van der Waals surface area contributed by atoms with Gasteiger partial charge < -0.3 is 0 Å². The number of unbranched alkanes of at least 4 members (excludes halogenated alkanes) is 2. The van der Waals surface area contributed by atoms with Crippen LogP contribution in [0.15, 0.2) is 30.3 Å². The first kappa shape index (κ1) is 15.7. The standard InChI is InChI=1S/C16H30Si2/c1-6-7-9-14-16(17(2)3)18(4,5)15-12-10-8-11-13-15/h8,10-13,16-17H,6-7,9,14H2,1-5H3. The summed E-state index contributed by atoms with van der Waals surface area (Å²) in [5.41, 5.74) is 0. The maximum absolute atomic E-state index is 2.59. The monoisotopic (exact) mass is 278 g/mol. The molecule has 1 unspecified atom stereocenters. The van der Waals surface area contributed by atoms with Gasteiger partial charge in [0.1, 0.15) is 0 Å². The van der Waals surface area contributed by atoms with Gasteiger partial charge in [0.25, 0.3) is 0 Å².